The molecule has 0 aliphatic carbocycles. The summed E-state index contributed by atoms with van der Waals surface area (Å²) in [5, 5.41) is 12.7. The third-order valence-corrected chi connectivity index (χ3v) is 1.82. The van der Waals surface area contributed by atoms with Crippen LogP contribution in [0.15, 0.2) is 39.9 Å². The first-order valence-electron chi connectivity index (χ1n) is 4.04. The van der Waals surface area contributed by atoms with E-state index in [1.54, 1.807) is 24.3 Å². The van der Waals surface area contributed by atoms with Crippen molar-refractivity contribution in [2.75, 3.05) is 0 Å². The lowest BCUT2D eigenvalue weighted by atomic mass is 10.2. The van der Waals surface area contributed by atoms with E-state index in [0.717, 1.165) is 12.0 Å². The van der Waals surface area contributed by atoms with Crippen molar-refractivity contribution < 1.29 is 9.52 Å². The molecule has 14 heavy (non-hydrogen) atoms. The first-order valence-corrected chi connectivity index (χ1v) is 4.04. The summed E-state index contributed by atoms with van der Waals surface area (Å²) in [6.07, 6.45) is 1.10. The Morgan fingerprint density at radius 1 is 1.36 bits per heavy atom. The quantitative estimate of drug-likeness (QED) is 0.756. The van der Waals surface area contributed by atoms with E-state index >= 15 is 0 Å². The van der Waals surface area contributed by atoms with Crippen LogP contribution >= 0.6 is 0 Å². The summed E-state index contributed by atoms with van der Waals surface area (Å²) < 4.78 is 5.71. The van der Waals surface area contributed by atoms with Gasteiger partial charge in [-0.15, -0.1) is 5.10 Å². The van der Waals surface area contributed by atoms with Gasteiger partial charge in [-0.3, -0.25) is 0 Å². The molecule has 5 heteroatoms. The van der Waals surface area contributed by atoms with Crippen LogP contribution in [0.3, 0.4) is 0 Å². The molecule has 1 N–H and O–H groups in total. The predicted molar refractivity (Wildman–Crippen MR) is 48.0 cm³/mol. The lowest BCUT2D eigenvalue weighted by Gasteiger charge is -1.98. The molecule has 2 rings (SSSR count). The molecule has 0 fully saturated rings. The van der Waals surface area contributed by atoms with Crippen LogP contribution in [0.2, 0.25) is 0 Å². The summed E-state index contributed by atoms with van der Waals surface area (Å²) in [5.41, 5.74) is 0.874. The van der Waals surface area contributed by atoms with Gasteiger partial charge in [0.25, 0.3) is 0 Å². The molecule has 0 saturated heterocycles. The number of rotatable bonds is 2. The Balaban J connectivity index is 2.23. The lowest BCUT2D eigenvalue weighted by molar-refractivity contribution is 0.474. The fourth-order valence-electron chi connectivity index (χ4n) is 1.11. The Hall–Kier alpha value is -2.04. The van der Waals surface area contributed by atoms with Crippen LogP contribution in [-0.4, -0.2) is 14.9 Å². The van der Waals surface area contributed by atoms with E-state index in [9.17, 15) is 4.79 Å². The van der Waals surface area contributed by atoms with Crippen LogP contribution in [0.1, 0.15) is 5.56 Å². The largest absolute Gasteiger partial charge is 0.508 e. The summed E-state index contributed by atoms with van der Waals surface area (Å²) in [6, 6.07) is 6.55. The molecule has 0 saturated carbocycles. The molecule has 0 amide bonds. The zero-order chi connectivity index (χ0) is 9.97. The summed E-state index contributed by atoms with van der Waals surface area (Å²) in [5.74, 6) is -0.292. The minimum Gasteiger partial charge on any atom is -0.508 e. The number of benzene rings is 1. The topological polar surface area (TPSA) is 68.3 Å². The first kappa shape index (κ1) is 8.55. The highest BCUT2D eigenvalue weighted by molar-refractivity contribution is 5.25. The Morgan fingerprint density at radius 2 is 2.07 bits per heavy atom. The van der Waals surface area contributed by atoms with Gasteiger partial charge >= 0.3 is 5.76 Å². The maximum atomic E-state index is 11.0. The molecular weight excluding hydrogens is 184 g/mol. The van der Waals surface area contributed by atoms with Crippen molar-refractivity contribution in [2.45, 2.75) is 6.54 Å². The predicted octanol–water partition coefficient (Wildman–Crippen LogP) is 0.590. The molecule has 0 bridgehead atoms. The molecule has 0 aliphatic rings. The Labute approximate surface area is 79.2 Å². The molecular formula is C9H8N2O3. The maximum absolute atomic E-state index is 11.0. The van der Waals surface area contributed by atoms with Crippen LogP contribution in [0.25, 0.3) is 0 Å². The van der Waals surface area contributed by atoms with E-state index in [4.69, 9.17) is 5.11 Å². The van der Waals surface area contributed by atoms with Gasteiger partial charge in [0.05, 0.1) is 6.54 Å². The third-order valence-electron chi connectivity index (χ3n) is 1.82. The minimum absolute atomic E-state index is 0.196. The Morgan fingerprint density at radius 3 is 2.64 bits per heavy atom. The van der Waals surface area contributed by atoms with Crippen molar-refractivity contribution in [1.82, 2.24) is 9.78 Å². The molecule has 0 spiro atoms. The smallest absolute Gasteiger partial charge is 0.437 e. The summed E-state index contributed by atoms with van der Waals surface area (Å²) >= 11 is 0. The summed E-state index contributed by atoms with van der Waals surface area (Å²) in [7, 11) is 0. The van der Waals surface area contributed by atoms with E-state index in [-0.39, 0.29) is 5.75 Å². The van der Waals surface area contributed by atoms with Crippen molar-refractivity contribution in [3.05, 3.63) is 46.8 Å². The van der Waals surface area contributed by atoms with Gasteiger partial charge in [-0.2, -0.15) is 4.68 Å². The van der Waals surface area contributed by atoms with Crippen LogP contribution in [0.5, 0.6) is 5.75 Å². The van der Waals surface area contributed by atoms with Gasteiger partial charge in [-0.25, -0.2) is 4.79 Å². The van der Waals surface area contributed by atoms with Crippen molar-refractivity contribution in [3.8, 4) is 5.75 Å². The van der Waals surface area contributed by atoms with Gasteiger partial charge in [-0.05, 0) is 17.7 Å². The van der Waals surface area contributed by atoms with Gasteiger partial charge in [0, 0.05) is 0 Å². The van der Waals surface area contributed by atoms with Gasteiger partial charge < -0.3 is 9.52 Å². The highest BCUT2D eigenvalue weighted by Gasteiger charge is 2.00. The van der Waals surface area contributed by atoms with Crippen LogP contribution in [0.4, 0.5) is 0 Å². The number of nitrogens with zero attached hydrogens (tertiary/aromatic N) is 2. The monoisotopic (exact) mass is 192 g/mol. The van der Waals surface area contributed by atoms with E-state index < -0.39 is 5.76 Å². The van der Waals surface area contributed by atoms with E-state index in [0.29, 0.717) is 6.54 Å². The van der Waals surface area contributed by atoms with Crippen molar-refractivity contribution in [3.63, 3.8) is 0 Å². The number of phenols is 1. The van der Waals surface area contributed by atoms with Crippen LogP contribution in [-0.2, 0) is 6.54 Å². The van der Waals surface area contributed by atoms with Crippen LogP contribution in [0, 0.1) is 0 Å². The van der Waals surface area contributed by atoms with E-state index in [2.05, 4.69) is 9.52 Å². The number of aromatic nitrogens is 2. The van der Waals surface area contributed by atoms with Gasteiger partial charge in [0.2, 0.25) is 6.39 Å². The van der Waals surface area contributed by atoms with Gasteiger partial charge in [0.15, 0.2) is 0 Å². The molecule has 5 nitrogen and oxygen atoms in total. The van der Waals surface area contributed by atoms with Crippen molar-refractivity contribution in [2.24, 2.45) is 0 Å². The maximum Gasteiger partial charge on any atom is 0.437 e. The highest BCUT2D eigenvalue weighted by Crippen LogP contribution is 2.09. The SMILES string of the molecule is O=c1ocnn1Cc1ccc(O)cc1. The van der Waals surface area contributed by atoms with Gasteiger partial charge in [0.1, 0.15) is 5.75 Å². The Kier molecular flexibility index (Phi) is 2.06. The zero-order valence-corrected chi connectivity index (χ0v) is 7.25. The molecule has 0 unspecified atom stereocenters. The molecule has 1 heterocycles. The minimum atomic E-state index is -0.488. The standard InChI is InChI=1S/C9H8N2O3/c12-8-3-1-7(2-4-8)5-11-9(13)14-6-10-11/h1-4,6,12H,5H2. The zero-order valence-electron chi connectivity index (χ0n) is 7.25. The summed E-state index contributed by atoms with van der Waals surface area (Å²) in [6.45, 7) is 0.343. The first-order chi connectivity index (χ1) is 6.75. The molecule has 1 aromatic carbocycles. The van der Waals surface area contributed by atoms with Crippen molar-refractivity contribution >= 4 is 0 Å². The second-order valence-corrected chi connectivity index (χ2v) is 2.83. The molecule has 0 aliphatic heterocycles. The van der Waals surface area contributed by atoms with Gasteiger partial charge in [-0.1, -0.05) is 12.1 Å². The summed E-state index contributed by atoms with van der Waals surface area (Å²) in [4.78, 5) is 11.0. The number of aromatic hydroxyl groups is 1. The van der Waals surface area contributed by atoms with E-state index in [1.807, 2.05) is 0 Å². The number of hydrogen-bond acceptors (Lipinski definition) is 4. The average Bonchev–Trinajstić information content (AvgIpc) is 2.56. The molecule has 1 aromatic heterocycles. The lowest BCUT2D eigenvalue weighted by Crippen LogP contribution is -2.16. The molecule has 2 aromatic rings. The number of hydrogen-bond donors (Lipinski definition) is 1. The van der Waals surface area contributed by atoms with Crippen molar-refractivity contribution in [1.29, 1.82) is 0 Å². The average molecular weight is 192 g/mol. The fraction of sp³-hybridized carbons (Fsp3) is 0.111. The Bertz CT molecular complexity index is 469. The second kappa shape index (κ2) is 3.37. The molecule has 0 atom stereocenters. The molecule has 72 valence electrons. The number of phenolic OH excluding ortho intramolecular Hbond substituents is 1. The third kappa shape index (κ3) is 1.66. The second-order valence-electron chi connectivity index (χ2n) is 2.83. The molecule has 0 radical (unpaired) electrons. The van der Waals surface area contributed by atoms with Crippen LogP contribution < -0.4 is 5.76 Å². The van der Waals surface area contributed by atoms with E-state index in [1.165, 1.54) is 4.68 Å². The fourth-order valence-corrected chi connectivity index (χ4v) is 1.11. The normalized spacial score (nSPS) is 10.3. The highest BCUT2D eigenvalue weighted by atomic mass is 16.4.